The highest BCUT2D eigenvalue weighted by Gasteiger charge is 2.17. The molecule has 2 aromatic rings. The molecular formula is C23H31IN4O4. The molecule has 0 radical (unpaired) electrons. The Morgan fingerprint density at radius 1 is 1.22 bits per heavy atom. The predicted octanol–water partition coefficient (Wildman–Crippen LogP) is 4.23. The van der Waals surface area contributed by atoms with Crippen molar-refractivity contribution in [2.45, 2.75) is 26.4 Å². The molecule has 9 heteroatoms. The molecule has 1 atom stereocenters. The molecule has 32 heavy (non-hydrogen) atoms. The van der Waals surface area contributed by atoms with Gasteiger partial charge in [-0.2, -0.15) is 0 Å². The molecule has 1 saturated heterocycles. The Labute approximate surface area is 206 Å². The van der Waals surface area contributed by atoms with Gasteiger partial charge in [-0.3, -0.25) is 10.1 Å². The van der Waals surface area contributed by atoms with Crippen LogP contribution in [0, 0.1) is 16.0 Å². The van der Waals surface area contributed by atoms with Crippen molar-refractivity contribution in [1.29, 1.82) is 0 Å². The minimum absolute atomic E-state index is 0. The zero-order chi connectivity index (χ0) is 22.1. The fraction of sp³-hybridized carbons (Fsp3) is 0.435. The number of aliphatic imine (C=N–C) groups is 1. The van der Waals surface area contributed by atoms with Gasteiger partial charge in [0.2, 0.25) is 0 Å². The van der Waals surface area contributed by atoms with Crippen LogP contribution >= 0.6 is 24.0 Å². The fourth-order valence-electron chi connectivity index (χ4n) is 3.39. The van der Waals surface area contributed by atoms with E-state index in [0.29, 0.717) is 25.6 Å². The minimum Gasteiger partial charge on any atom is -0.494 e. The second kappa shape index (κ2) is 13.2. The predicted molar refractivity (Wildman–Crippen MR) is 136 cm³/mol. The molecule has 0 amide bonds. The van der Waals surface area contributed by atoms with E-state index in [0.717, 1.165) is 49.0 Å². The van der Waals surface area contributed by atoms with Crippen molar-refractivity contribution < 1.29 is 14.4 Å². The number of benzene rings is 2. The van der Waals surface area contributed by atoms with Crippen LogP contribution < -0.4 is 10.1 Å². The first-order valence-electron chi connectivity index (χ1n) is 10.6. The molecule has 0 spiro atoms. The molecule has 1 N–H and O–H groups in total. The van der Waals surface area contributed by atoms with Gasteiger partial charge in [0.05, 0.1) is 24.7 Å². The lowest BCUT2D eigenvalue weighted by Gasteiger charge is -2.24. The summed E-state index contributed by atoms with van der Waals surface area (Å²) in [6.07, 6.45) is 1.05. The van der Waals surface area contributed by atoms with Gasteiger partial charge in [0, 0.05) is 44.8 Å². The van der Waals surface area contributed by atoms with Gasteiger partial charge in [-0.25, -0.2) is 4.99 Å². The number of halogens is 1. The van der Waals surface area contributed by atoms with Gasteiger partial charge in [-0.05, 0) is 36.6 Å². The quantitative estimate of drug-likeness (QED) is 0.164. The number of nitrogens with zero attached hydrogens (tertiary/aromatic N) is 3. The molecule has 0 aliphatic carbocycles. The fourth-order valence-corrected chi connectivity index (χ4v) is 3.39. The Balaban J connectivity index is 0.00000363. The number of hydrogen-bond donors (Lipinski definition) is 1. The van der Waals surface area contributed by atoms with E-state index in [2.05, 4.69) is 22.3 Å². The summed E-state index contributed by atoms with van der Waals surface area (Å²) < 4.78 is 11.0. The van der Waals surface area contributed by atoms with Gasteiger partial charge in [-0.15, -0.1) is 24.0 Å². The van der Waals surface area contributed by atoms with Crippen molar-refractivity contribution in [2.75, 3.05) is 33.4 Å². The molecular weight excluding hydrogens is 523 g/mol. The van der Waals surface area contributed by atoms with Crippen LogP contribution in [0.4, 0.5) is 5.69 Å². The zero-order valence-electron chi connectivity index (χ0n) is 18.5. The second-order valence-corrected chi connectivity index (χ2v) is 7.61. The molecule has 1 aliphatic rings. The van der Waals surface area contributed by atoms with Gasteiger partial charge >= 0.3 is 0 Å². The Morgan fingerprint density at radius 2 is 1.91 bits per heavy atom. The third-order valence-corrected chi connectivity index (χ3v) is 5.15. The summed E-state index contributed by atoms with van der Waals surface area (Å²) in [4.78, 5) is 17.3. The number of nitro groups is 1. The van der Waals surface area contributed by atoms with Gasteiger partial charge in [0.1, 0.15) is 5.75 Å². The largest absolute Gasteiger partial charge is 0.494 e. The summed E-state index contributed by atoms with van der Waals surface area (Å²) in [6, 6.07) is 14.6. The summed E-state index contributed by atoms with van der Waals surface area (Å²) in [7, 11) is 2.00. The monoisotopic (exact) mass is 554 g/mol. The number of non-ortho nitro benzene ring substituents is 1. The van der Waals surface area contributed by atoms with Crippen LogP contribution in [0.25, 0.3) is 0 Å². The number of rotatable bonds is 9. The Hall–Kier alpha value is -2.40. The van der Waals surface area contributed by atoms with Crippen LogP contribution in [0.3, 0.4) is 0 Å². The summed E-state index contributed by atoms with van der Waals surface area (Å²) in [5.41, 5.74) is 2.16. The summed E-state index contributed by atoms with van der Waals surface area (Å²) >= 11 is 0. The Kier molecular flexibility index (Phi) is 10.7. The molecule has 0 aromatic heterocycles. The van der Waals surface area contributed by atoms with E-state index in [1.54, 1.807) is 12.1 Å². The molecule has 8 nitrogen and oxygen atoms in total. The molecule has 1 unspecified atom stereocenters. The molecule has 0 saturated carbocycles. The lowest BCUT2D eigenvalue weighted by Crippen LogP contribution is -2.41. The maximum Gasteiger partial charge on any atom is 0.269 e. The Morgan fingerprint density at radius 3 is 2.50 bits per heavy atom. The SMILES string of the molecule is CCOc1ccc(CN(C)C(=NCc2ccc([N+](=O)[O-])cc2)NCC2CCOC2)cc1.I. The molecule has 1 fully saturated rings. The highest BCUT2D eigenvalue weighted by Crippen LogP contribution is 2.15. The summed E-state index contributed by atoms with van der Waals surface area (Å²) in [6.45, 7) is 6.13. The number of guanidine groups is 1. The Bertz CT molecular complexity index is 869. The maximum absolute atomic E-state index is 10.9. The van der Waals surface area contributed by atoms with Crippen LogP contribution in [-0.4, -0.2) is 49.2 Å². The maximum atomic E-state index is 10.9. The van der Waals surface area contributed by atoms with E-state index in [1.807, 2.05) is 26.1 Å². The van der Waals surface area contributed by atoms with Crippen LogP contribution in [-0.2, 0) is 17.8 Å². The summed E-state index contributed by atoms with van der Waals surface area (Å²) in [5.74, 6) is 2.13. The van der Waals surface area contributed by atoms with Gasteiger partial charge in [-0.1, -0.05) is 24.3 Å². The molecule has 1 heterocycles. The smallest absolute Gasteiger partial charge is 0.269 e. The number of nitro benzene ring substituents is 1. The molecule has 0 bridgehead atoms. The van der Waals surface area contributed by atoms with Crippen molar-refractivity contribution in [3.05, 3.63) is 69.8 Å². The molecule has 1 aliphatic heterocycles. The highest BCUT2D eigenvalue weighted by atomic mass is 127. The molecule has 3 rings (SSSR count). The first kappa shape index (κ1) is 25.9. The van der Waals surface area contributed by atoms with E-state index in [4.69, 9.17) is 14.5 Å². The zero-order valence-corrected chi connectivity index (χ0v) is 20.9. The van der Waals surface area contributed by atoms with E-state index >= 15 is 0 Å². The molecule has 174 valence electrons. The number of ether oxygens (including phenoxy) is 2. The summed E-state index contributed by atoms with van der Waals surface area (Å²) in [5, 5.41) is 14.3. The average molecular weight is 554 g/mol. The highest BCUT2D eigenvalue weighted by molar-refractivity contribution is 14.0. The van der Waals surface area contributed by atoms with E-state index in [-0.39, 0.29) is 29.7 Å². The topological polar surface area (TPSA) is 89.2 Å². The molecule has 2 aromatic carbocycles. The lowest BCUT2D eigenvalue weighted by molar-refractivity contribution is -0.384. The van der Waals surface area contributed by atoms with Crippen molar-refractivity contribution in [2.24, 2.45) is 10.9 Å². The first-order chi connectivity index (χ1) is 15.0. The van der Waals surface area contributed by atoms with Crippen LogP contribution in [0.5, 0.6) is 5.75 Å². The van der Waals surface area contributed by atoms with Crippen LogP contribution in [0.2, 0.25) is 0 Å². The standard InChI is InChI=1S/C23H30N4O4.HI/c1-3-31-22-10-6-19(7-11-22)16-26(2)23(25-15-20-12-13-30-17-20)24-14-18-4-8-21(9-5-18)27(28)29;/h4-11,20H,3,12-17H2,1-2H3,(H,24,25);1H. The van der Waals surface area contributed by atoms with E-state index in [1.165, 1.54) is 12.1 Å². The first-order valence-corrected chi connectivity index (χ1v) is 10.6. The second-order valence-electron chi connectivity index (χ2n) is 7.61. The van der Waals surface area contributed by atoms with Crippen molar-refractivity contribution in [3.63, 3.8) is 0 Å². The van der Waals surface area contributed by atoms with Crippen LogP contribution in [0.15, 0.2) is 53.5 Å². The lowest BCUT2D eigenvalue weighted by atomic mass is 10.1. The number of hydrogen-bond acceptors (Lipinski definition) is 5. The van der Waals surface area contributed by atoms with Gasteiger partial charge in [0.25, 0.3) is 5.69 Å². The third kappa shape index (κ3) is 7.94. The van der Waals surface area contributed by atoms with Crippen molar-refractivity contribution in [1.82, 2.24) is 10.2 Å². The average Bonchev–Trinajstić information content (AvgIpc) is 3.29. The minimum atomic E-state index is -0.395. The van der Waals surface area contributed by atoms with Gasteiger partial charge in [0.15, 0.2) is 5.96 Å². The van der Waals surface area contributed by atoms with Crippen molar-refractivity contribution in [3.8, 4) is 5.75 Å². The van der Waals surface area contributed by atoms with E-state index < -0.39 is 4.92 Å². The normalized spacial score (nSPS) is 15.7. The number of nitrogens with one attached hydrogen (secondary N) is 1. The third-order valence-electron chi connectivity index (χ3n) is 5.15. The van der Waals surface area contributed by atoms with E-state index in [9.17, 15) is 10.1 Å². The van der Waals surface area contributed by atoms with Gasteiger partial charge < -0.3 is 19.7 Å². The van der Waals surface area contributed by atoms with Crippen LogP contribution in [0.1, 0.15) is 24.5 Å². The van der Waals surface area contributed by atoms with Crippen molar-refractivity contribution >= 4 is 35.6 Å².